The first-order valence-corrected chi connectivity index (χ1v) is 10.4. The molecule has 0 radical (unpaired) electrons. The van der Waals surface area contributed by atoms with Crippen molar-refractivity contribution in [2.75, 3.05) is 13.1 Å². The Morgan fingerprint density at radius 2 is 2.03 bits per heavy atom. The Morgan fingerprint density at radius 1 is 1.24 bits per heavy atom. The Hall–Kier alpha value is -2.54. The number of tetrazole rings is 1. The molecule has 7 nitrogen and oxygen atoms in total. The Bertz CT molecular complexity index is 1080. The highest BCUT2D eigenvalue weighted by molar-refractivity contribution is 5.79. The summed E-state index contributed by atoms with van der Waals surface area (Å²) in [6.45, 7) is 12.4. The van der Waals surface area contributed by atoms with Crippen molar-refractivity contribution in [2.24, 2.45) is 5.92 Å². The van der Waals surface area contributed by atoms with E-state index in [9.17, 15) is 4.79 Å². The van der Waals surface area contributed by atoms with E-state index in [0.29, 0.717) is 11.5 Å². The molecule has 29 heavy (non-hydrogen) atoms. The van der Waals surface area contributed by atoms with Gasteiger partial charge in [0.25, 0.3) is 5.56 Å². The van der Waals surface area contributed by atoms with Gasteiger partial charge in [0.1, 0.15) is 6.04 Å². The van der Waals surface area contributed by atoms with Crippen LogP contribution in [0, 0.1) is 12.8 Å². The average molecular weight is 395 g/mol. The molecule has 1 aliphatic rings. The molecule has 0 unspecified atom stereocenters. The van der Waals surface area contributed by atoms with Crippen LogP contribution in [0.25, 0.3) is 10.9 Å². The molecular formula is C22H30N6O. The molecule has 1 aliphatic heterocycles. The molecule has 3 aromatic rings. The zero-order valence-corrected chi connectivity index (χ0v) is 17.9. The number of likely N-dealkylation sites (tertiary alicyclic amines) is 1. The molecule has 1 N–H and O–H groups in total. The fourth-order valence-corrected chi connectivity index (χ4v) is 4.35. The number of hydrogen-bond acceptors (Lipinski definition) is 5. The lowest BCUT2D eigenvalue weighted by molar-refractivity contribution is 0.137. The van der Waals surface area contributed by atoms with E-state index in [2.05, 4.69) is 66.1 Å². The third kappa shape index (κ3) is 3.83. The molecule has 0 spiro atoms. The fourth-order valence-electron chi connectivity index (χ4n) is 4.35. The van der Waals surface area contributed by atoms with Crippen LogP contribution >= 0.6 is 0 Å². The second-order valence-corrected chi connectivity index (χ2v) is 9.41. The first kappa shape index (κ1) is 19.8. The maximum absolute atomic E-state index is 13.2. The van der Waals surface area contributed by atoms with Crippen molar-refractivity contribution in [1.29, 1.82) is 0 Å². The van der Waals surface area contributed by atoms with Crippen molar-refractivity contribution in [3.63, 3.8) is 0 Å². The molecule has 7 heteroatoms. The molecule has 2 atom stereocenters. The van der Waals surface area contributed by atoms with Gasteiger partial charge in [0.15, 0.2) is 5.82 Å². The minimum absolute atomic E-state index is 0.0759. The van der Waals surface area contributed by atoms with E-state index in [1.54, 1.807) is 0 Å². The number of piperidine rings is 1. The predicted molar refractivity (Wildman–Crippen MR) is 114 cm³/mol. The number of rotatable bonds is 3. The van der Waals surface area contributed by atoms with E-state index < -0.39 is 0 Å². The van der Waals surface area contributed by atoms with Crippen LogP contribution in [0.3, 0.4) is 0 Å². The van der Waals surface area contributed by atoms with Crippen LogP contribution in [0.5, 0.6) is 0 Å². The third-order valence-electron chi connectivity index (χ3n) is 5.75. The van der Waals surface area contributed by atoms with Crippen LogP contribution < -0.4 is 5.56 Å². The number of fused-ring (bicyclic) bond motifs is 1. The van der Waals surface area contributed by atoms with E-state index in [0.717, 1.165) is 41.8 Å². The number of nitrogens with one attached hydrogen (secondary N) is 1. The number of hydrogen-bond donors (Lipinski definition) is 1. The first-order valence-electron chi connectivity index (χ1n) is 10.4. The topological polar surface area (TPSA) is 79.7 Å². The van der Waals surface area contributed by atoms with Gasteiger partial charge < -0.3 is 4.98 Å². The fraction of sp³-hybridized carbons (Fsp3) is 0.545. The lowest BCUT2D eigenvalue weighted by Gasteiger charge is -2.37. The van der Waals surface area contributed by atoms with Gasteiger partial charge in [0.05, 0.1) is 5.54 Å². The number of aromatic amines is 1. The van der Waals surface area contributed by atoms with Gasteiger partial charge in [-0.25, -0.2) is 4.68 Å². The van der Waals surface area contributed by atoms with Gasteiger partial charge in [-0.3, -0.25) is 9.69 Å². The highest BCUT2D eigenvalue weighted by Crippen LogP contribution is 2.32. The predicted octanol–water partition coefficient (Wildman–Crippen LogP) is 3.40. The Morgan fingerprint density at radius 3 is 2.76 bits per heavy atom. The molecule has 0 aliphatic carbocycles. The second-order valence-electron chi connectivity index (χ2n) is 9.41. The van der Waals surface area contributed by atoms with E-state index >= 15 is 0 Å². The van der Waals surface area contributed by atoms with Gasteiger partial charge in [0.2, 0.25) is 0 Å². The zero-order valence-electron chi connectivity index (χ0n) is 17.9. The zero-order chi connectivity index (χ0) is 20.8. The summed E-state index contributed by atoms with van der Waals surface area (Å²) in [6.07, 6.45) is 2.32. The van der Waals surface area contributed by atoms with Gasteiger partial charge in [-0.05, 0) is 87.0 Å². The maximum atomic E-state index is 13.2. The molecule has 0 saturated carbocycles. The molecule has 2 aromatic heterocycles. The SMILES string of the molecule is Cc1ccc2[nH]c(=O)c([C@H](c3nnnn3C(C)(C)C)N3CCC[C@H](C)C3)cc2c1. The second kappa shape index (κ2) is 7.37. The summed E-state index contributed by atoms with van der Waals surface area (Å²) in [7, 11) is 0. The van der Waals surface area contributed by atoms with Crippen LogP contribution in [0.15, 0.2) is 29.1 Å². The quantitative estimate of drug-likeness (QED) is 0.736. The highest BCUT2D eigenvalue weighted by Gasteiger charge is 2.34. The number of benzene rings is 1. The average Bonchev–Trinajstić information content (AvgIpc) is 3.13. The van der Waals surface area contributed by atoms with Crippen LogP contribution in [-0.4, -0.2) is 43.2 Å². The first-order chi connectivity index (χ1) is 13.7. The van der Waals surface area contributed by atoms with Crippen LogP contribution in [-0.2, 0) is 5.54 Å². The molecule has 3 heterocycles. The summed E-state index contributed by atoms with van der Waals surface area (Å²) in [5, 5.41) is 13.7. The lowest BCUT2D eigenvalue weighted by Crippen LogP contribution is -2.42. The van der Waals surface area contributed by atoms with Gasteiger partial charge in [-0.2, -0.15) is 0 Å². The molecule has 1 saturated heterocycles. The Labute approximate surface area is 171 Å². The largest absolute Gasteiger partial charge is 0.322 e. The minimum Gasteiger partial charge on any atom is -0.322 e. The summed E-state index contributed by atoms with van der Waals surface area (Å²) in [5.74, 6) is 1.30. The summed E-state index contributed by atoms with van der Waals surface area (Å²) < 4.78 is 1.86. The van der Waals surface area contributed by atoms with Crippen molar-refractivity contribution in [3.8, 4) is 0 Å². The molecule has 1 fully saturated rings. The smallest absolute Gasteiger partial charge is 0.253 e. The number of aryl methyl sites for hydroxylation is 1. The van der Waals surface area contributed by atoms with Crippen LogP contribution in [0.2, 0.25) is 0 Å². The van der Waals surface area contributed by atoms with Gasteiger partial charge in [-0.15, -0.1) is 5.10 Å². The van der Waals surface area contributed by atoms with Crippen molar-refractivity contribution < 1.29 is 0 Å². The minimum atomic E-state index is -0.279. The maximum Gasteiger partial charge on any atom is 0.253 e. The molecule has 0 amide bonds. The highest BCUT2D eigenvalue weighted by atomic mass is 16.1. The number of H-pyrrole nitrogens is 1. The van der Waals surface area contributed by atoms with E-state index in [1.165, 1.54) is 6.42 Å². The summed E-state index contributed by atoms with van der Waals surface area (Å²) in [5.41, 5.74) is 2.37. The summed E-state index contributed by atoms with van der Waals surface area (Å²) in [6, 6.07) is 7.83. The van der Waals surface area contributed by atoms with Crippen molar-refractivity contribution in [1.82, 2.24) is 30.1 Å². The van der Waals surface area contributed by atoms with Gasteiger partial charge in [0, 0.05) is 17.6 Å². The Kier molecular flexibility index (Phi) is 5.02. The molecule has 0 bridgehead atoms. The van der Waals surface area contributed by atoms with Crippen LogP contribution in [0.4, 0.5) is 0 Å². The molecule has 4 rings (SSSR count). The Balaban J connectivity index is 1.92. The normalized spacial score (nSPS) is 19.6. The van der Waals surface area contributed by atoms with E-state index in [-0.39, 0.29) is 17.1 Å². The van der Waals surface area contributed by atoms with Crippen molar-refractivity contribution >= 4 is 10.9 Å². The summed E-state index contributed by atoms with van der Waals surface area (Å²) in [4.78, 5) is 18.6. The molecule has 154 valence electrons. The van der Waals surface area contributed by atoms with Gasteiger partial charge in [-0.1, -0.05) is 18.6 Å². The monoisotopic (exact) mass is 394 g/mol. The van der Waals surface area contributed by atoms with Crippen LogP contribution in [0.1, 0.15) is 63.5 Å². The standard InChI is InChI=1S/C22H30N6O/c1-14-8-9-18-16(11-14)12-17(21(29)23-18)19(27-10-6-7-15(2)13-27)20-24-25-26-28(20)22(3,4)5/h8-9,11-12,15,19H,6-7,10,13H2,1-5H3,(H,23,29)/t15-,19+/m0/s1. The van der Waals surface area contributed by atoms with Crippen molar-refractivity contribution in [2.45, 2.75) is 59.0 Å². The number of aromatic nitrogens is 5. The van der Waals surface area contributed by atoms with Gasteiger partial charge >= 0.3 is 0 Å². The third-order valence-corrected chi connectivity index (χ3v) is 5.75. The van der Waals surface area contributed by atoms with E-state index in [4.69, 9.17) is 0 Å². The number of pyridine rings is 1. The summed E-state index contributed by atoms with van der Waals surface area (Å²) >= 11 is 0. The number of nitrogens with zero attached hydrogens (tertiary/aromatic N) is 5. The molecular weight excluding hydrogens is 364 g/mol. The van der Waals surface area contributed by atoms with Crippen molar-refractivity contribution in [3.05, 3.63) is 51.6 Å². The lowest BCUT2D eigenvalue weighted by atomic mass is 9.95. The van der Waals surface area contributed by atoms with E-state index in [1.807, 2.05) is 22.9 Å². The molecule has 1 aromatic carbocycles.